The number of hydrogen-bond donors (Lipinski definition) is 1. The van der Waals surface area contributed by atoms with Crippen LogP contribution in [0.15, 0.2) is 0 Å². The summed E-state index contributed by atoms with van der Waals surface area (Å²) in [4.78, 5) is 17.3. The van der Waals surface area contributed by atoms with Crippen molar-refractivity contribution in [2.45, 2.75) is 64.0 Å². The molecule has 0 radical (unpaired) electrons. The van der Waals surface area contributed by atoms with Crippen molar-refractivity contribution in [3.05, 3.63) is 0 Å². The average molecular weight is 323 g/mol. The Kier molecular flexibility index (Phi) is 6.17. The van der Waals surface area contributed by atoms with Crippen molar-refractivity contribution in [2.75, 3.05) is 39.4 Å². The van der Waals surface area contributed by atoms with Crippen LogP contribution in [0.1, 0.15) is 51.9 Å². The molecule has 23 heavy (non-hydrogen) atoms. The minimum absolute atomic E-state index is 0.166. The third-order valence-corrected chi connectivity index (χ3v) is 5.76. The second kappa shape index (κ2) is 8.34. The van der Waals surface area contributed by atoms with Gasteiger partial charge < -0.3 is 15.0 Å². The van der Waals surface area contributed by atoms with Gasteiger partial charge in [0, 0.05) is 38.3 Å². The highest BCUT2D eigenvalue weighted by molar-refractivity contribution is 5.75. The first kappa shape index (κ1) is 17.0. The quantitative estimate of drug-likeness (QED) is 0.864. The molecule has 1 N–H and O–H groups in total. The summed E-state index contributed by atoms with van der Waals surface area (Å²) < 4.78 is 5.39. The normalized spacial score (nSPS) is 28.7. The Labute approximate surface area is 140 Å². The van der Waals surface area contributed by atoms with Gasteiger partial charge in [0.15, 0.2) is 0 Å². The van der Waals surface area contributed by atoms with Crippen molar-refractivity contribution in [2.24, 2.45) is 5.92 Å². The molecular formula is C18H33N3O2. The molecule has 5 nitrogen and oxygen atoms in total. The first-order valence-corrected chi connectivity index (χ1v) is 9.61. The summed E-state index contributed by atoms with van der Waals surface area (Å²) >= 11 is 0. The van der Waals surface area contributed by atoms with Crippen molar-refractivity contribution >= 4 is 6.03 Å². The van der Waals surface area contributed by atoms with Crippen LogP contribution in [0.25, 0.3) is 0 Å². The van der Waals surface area contributed by atoms with Gasteiger partial charge in [-0.05, 0) is 38.5 Å². The molecule has 1 saturated carbocycles. The highest BCUT2D eigenvalue weighted by Gasteiger charge is 2.35. The topological polar surface area (TPSA) is 44.8 Å². The van der Waals surface area contributed by atoms with Crippen LogP contribution in [0.5, 0.6) is 0 Å². The van der Waals surface area contributed by atoms with Gasteiger partial charge in [-0.25, -0.2) is 4.79 Å². The van der Waals surface area contributed by atoms with Gasteiger partial charge in [0.2, 0.25) is 0 Å². The largest absolute Gasteiger partial charge is 0.379 e. The summed E-state index contributed by atoms with van der Waals surface area (Å²) in [6.45, 7) is 7.59. The van der Waals surface area contributed by atoms with Crippen LogP contribution in [0.4, 0.5) is 4.79 Å². The zero-order chi connectivity index (χ0) is 16.1. The molecular weight excluding hydrogens is 290 g/mol. The highest BCUT2D eigenvalue weighted by Crippen LogP contribution is 2.34. The van der Waals surface area contributed by atoms with Crippen molar-refractivity contribution in [1.82, 2.24) is 15.1 Å². The van der Waals surface area contributed by atoms with Crippen molar-refractivity contribution < 1.29 is 9.53 Å². The molecule has 0 spiro atoms. The molecule has 3 fully saturated rings. The number of hydrogen-bond acceptors (Lipinski definition) is 3. The molecule has 2 saturated heterocycles. The van der Waals surface area contributed by atoms with Crippen LogP contribution in [0, 0.1) is 5.92 Å². The molecule has 2 heterocycles. The monoisotopic (exact) mass is 323 g/mol. The molecule has 0 bridgehead atoms. The van der Waals surface area contributed by atoms with Crippen LogP contribution in [0.2, 0.25) is 0 Å². The molecule has 0 aromatic carbocycles. The number of nitrogens with one attached hydrogen (secondary N) is 1. The Morgan fingerprint density at radius 3 is 2.57 bits per heavy atom. The van der Waals surface area contributed by atoms with Crippen LogP contribution in [-0.4, -0.2) is 67.3 Å². The lowest BCUT2D eigenvalue weighted by Crippen LogP contribution is -2.52. The minimum Gasteiger partial charge on any atom is -0.379 e. The summed E-state index contributed by atoms with van der Waals surface area (Å²) in [6, 6.07) is 0.859. The standard InChI is InChI=1S/C18H33N3O2/c1-15(14-20-10-12-23-13-11-20)19-18(22)21-9-5-8-17(21)16-6-3-2-4-7-16/h15-17H,2-14H2,1H3,(H,19,22)/t15-,17+/m1/s1. The number of nitrogens with zero attached hydrogens (tertiary/aromatic N) is 2. The zero-order valence-electron chi connectivity index (χ0n) is 14.6. The Hall–Kier alpha value is -0.810. The van der Waals surface area contributed by atoms with Gasteiger partial charge in [-0.1, -0.05) is 19.3 Å². The first-order chi connectivity index (χ1) is 11.2. The number of ether oxygens (including phenoxy) is 1. The summed E-state index contributed by atoms with van der Waals surface area (Å²) in [6.07, 6.45) is 9.10. The SMILES string of the molecule is C[C@H](CN1CCOCC1)NC(=O)N1CCC[C@H]1C1CCCCC1. The summed E-state index contributed by atoms with van der Waals surface area (Å²) in [5, 5.41) is 3.24. The molecule has 0 unspecified atom stereocenters. The Bertz CT molecular complexity index is 378. The van der Waals surface area contributed by atoms with Gasteiger partial charge in [-0.2, -0.15) is 0 Å². The van der Waals surface area contributed by atoms with E-state index in [1.165, 1.54) is 44.9 Å². The van der Waals surface area contributed by atoms with Crippen LogP contribution in [0.3, 0.4) is 0 Å². The predicted octanol–water partition coefficient (Wildman–Crippen LogP) is 2.46. The van der Waals surface area contributed by atoms with E-state index < -0.39 is 0 Å². The molecule has 3 aliphatic rings. The minimum atomic E-state index is 0.166. The summed E-state index contributed by atoms with van der Waals surface area (Å²) in [5.41, 5.74) is 0. The maximum atomic E-state index is 12.7. The third-order valence-electron chi connectivity index (χ3n) is 5.76. The van der Waals surface area contributed by atoms with Crippen molar-refractivity contribution in [3.63, 3.8) is 0 Å². The lowest BCUT2D eigenvalue weighted by Gasteiger charge is -2.35. The second-order valence-corrected chi connectivity index (χ2v) is 7.56. The van der Waals surface area contributed by atoms with E-state index in [4.69, 9.17) is 4.74 Å². The van der Waals surface area contributed by atoms with E-state index in [-0.39, 0.29) is 12.1 Å². The molecule has 2 amide bonds. The molecule has 2 atom stereocenters. The van der Waals surface area contributed by atoms with E-state index >= 15 is 0 Å². The molecule has 5 heteroatoms. The fraction of sp³-hybridized carbons (Fsp3) is 0.944. The maximum absolute atomic E-state index is 12.7. The lowest BCUT2D eigenvalue weighted by atomic mass is 9.83. The number of carbonyl (C=O) groups excluding carboxylic acids is 1. The van der Waals surface area contributed by atoms with Gasteiger partial charge in [0.05, 0.1) is 13.2 Å². The van der Waals surface area contributed by atoms with Crippen molar-refractivity contribution in [3.8, 4) is 0 Å². The van der Waals surface area contributed by atoms with E-state index in [0.29, 0.717) is 6.04 Å². The highest BCUT2D eigenvalue weighted by atomic mass is 16.5. The number of morpholine rings is 1. The number of urea groups is 1. The van der Waals surface area contributed by atoms with Gasteiger partial charge >= 0.3 is 6.03 Å². The summed E-state index contributed by atoms with van der Waals surface area (Å²) in [5.74, 6) is 0.742. The fourth-order valence-corrected chi connectivity index (χ4v) is 4.56. The molecule has 3 rings (SSSR count). The summed E-state index contributed by atoms with van der Waals surface area (Å²) in [7, 11) is 0. The van der Waals surface area contributed by atoms with Crippen molar-refractivity contribution in [1.29, 1.82) is 0 Å². The van der Waals surface area contributed by atoms with E-state index in [1.807, 2.05) is 0 Å². The number of rotatable bonds is 4. The first-order valence-electron chi connectivity index (χ1n) is 9.61. The molecule has 2 aliphatic heterocycles. The predicted molar refractivity (Wildman–Crippen MR) is 91.6 cm³/mol. The molecule has 1 aliphatic carbocycles. The number of amides is 2. The molecule has 0 aromatic heterocycles. The Morgan fingerprint density at radius 2 is 1.83 bits per heavy atom. The van der Waals surface area contributed by atoms with Gasteiger partial charge in [-0.3, -0.25) is 4.90 Å². The molecule has 0 aromatic rings. The van der Waals surface area contributed by atoms with Crippen LogP contribution < -0.4 is 5.32 Å². The van der Waals surface area contributed by atoms with E-state index in [9.17, 15) is 4.79 Å². The van der Waals surface area contributed by atoms with Crippen LogP contribution in [-0.2, 0) is 4.74 Å². The maximum Gasteiger partial charge on any atom is 0.317 e. The Balaban J connectivity index is 1.47. The average Bonchev–Trinajstić information content (AvgIpc) is 3.06. The number of carbonyl (C=O) groups is 1. The van der Waals surface area contributed by atoms with Gasteiger partial charge in [-0.15, -0.1) is 0 Å². The van der Waals surface area contributed by atoms with E-state index in [2.05, 4.69) is 22.0 Å². The zero-order valence-corrected chi connectivity index (χ0v) is 14.6. The van der Waals surface area contributed by atoms with Gasteiger partial charge in [0.25, 0.3) is 0 Å². The third kappa shape index (κ3) is 4.60. The van der Waals surface area contributed by atoms with Crippen LogP contribution >= 0.6 is 0 Å². The smallest absolute Gasteiger partial charge is 0.317 e. The lowest BCUT2D eigenvalue weighted by molar-refractivity contribution is 0.0345. The van der Waals surface area contributed by atoms with E-state index in [0.717, 1.165) is 45.3 Å². The van der Waals surface area contributed by atoms with E-state index in [1.54, 1.807) is 0 Å². The second-order valence-electron chi connectivity index (χ2n) is 7.56. The van der Waals surface area contributed by atoms with Gasteiger partial charge in [0.1, 0.15) is 0 Å². The fourth-order valence-electron chi connectivity index (χ4n) is 4.56. The molecule has 132 valence electrons. The Morgan fingerprint density at radius 1 is 1.09 bits per heavy atom. The number of likely N-dealkylation sites (tertiary alicyclic amines) is 1.